The molecule has 2 aromatic carbocycles. The van der Waals surface area contributed by atoms with Gasteiger partial charge in [0.1, 0.15) is 0 Å². The summed E-state index contributed by atoms with van der Waals surface area (Å²) in [5, 5.41) is 2.96. The van der Waals surface area contributed by atoms with Gasteiger partial charge in [-0.05, 0) is 67.6 Å². The van der Waals surface area contributed by atoms with Crippen LogP contribution in [-0.4, -0.2) is 23.9 Å². The quantitative estimate of drug-likeness (QED) is 0.900. The van der Waals surface area contributed by atoms with Crippen LogP contribution >= 0.6 is 0 Å². The summed E-state index contributed by atoms with van der Waals surface area (Å²) < 4.78 is 0. The molecule has 0 spiro atoms. The Labute approximate surface area is 144 Å². The minimum Gasteiger partial charge on any atom is -0.322 e. The zero-order chi connectivity index (χ0) is 16.9. The molecule has 3 nitrogen and oxygen atoms in total. The molecule has 24 heavy (non-hydrogen) atoms. The highest BCUT2D eigenvalue weighted by atomic mass is 16.1. The molecule has 0 saturated carbocycles. The summed E-state index contributed by atoms with van der Waals surface area (Å²) in [7, 11) is 0. The highest BCUT2D eigenvalue weighted by Gasteiger charge is 2.16. The lowest BCUT2D eigenvalue weighted by atomic mass is 9.99. The number of nitrogens with one attached hydrogen (secondary N) is 1. The van der Waals surface area contributed by atoms with E-state index in [4.69, 9.17) is 0 Å². The van der Waals surface area contributed by atoms with Gasteiger partial charge in [0.25, 0.3) is 5.91 Å². The Hall–Kier alpha value is -2.13. The van der Waals surface area contributed by atoms with E-state index in [0.29, 0.717) is 5.56 Å². The van der Waals surface area contributed by atoms with Crippen molar-refractivity contribution in [2.45, 2.75) is 33.2 Å². The number of hydrogen-bond acceptors (Lipinski definition) is 2. The van der Waals surface area contributed by atoms with Crippen molar-refractivity contribution in [3.05, 3.63) is 65.2 Å². The van der Waals surface area contributed by atoms with E-state index in [9.17, 15) is 4.79 Å². The normalized spacial score (nSPS) is 18.3. The van der Waals surface area contributed by atoms with Crippen LogP contribution in [0.5, 0.6) is 0 Å². The average molecular weight is 322 g/mol. The highest BCUT2D eigenvalue weighted by molar-refractivity contribution is 6.04. The lowest BCUT2D eigenvalue weighted by Gasteiger charge is -2.30. The molecule has 1 heterocycles. The predicted molar refractivity (Wildman–Crippen MR) is 99.2 cm³/mol. The molecular weight excluding hydrogens is 296 g/mol. The maximum atomic E-state index is 12.3. The van der Waals surface area contributed by atoms with Crippen molar-refractivity contribution < 1.29 is 4.79 Å². The topological polar surface area (TPSA) is 32.3 Å². The largest absolute Gasteiger partial charge is 0.322 e. The second kappa shape index (κ2) is 7.63. The maximum Gasteiger partial charge on any atom is 0.255 e. The lowest BCUT2D eigenvalue weighted by molar-refractivity contribution is 0.102. The van der Waals surface area contributed by atoms with E-state index in [0.717, 1.165) is 23.7 Å². The molecule has 0 aliphatic carbocycles. The molecule has 3 rings (SSSR count). The smallest absolute Gasteiger partial charge is 0.255 e. The maximum absolute atomic E-state index is 12.3. The zero-order valence-electron chi connectivity index (χ0n) is 14.6. The van der Waals surface area contributed by atoms with Crippen molar-refractivity contribution in [2.24, 2.45) is 5.92 Å². The predicted octanol–water partition coefficient (Wildman–Crippen LogP) is 4.48. The fourth-order valence-electron chi connectivity index (χ4n) is 3.38. The van der Waals surface area contributed by atoms with Crippen LogP contribution < -0.4 is 5.32 Å². The van der Waals surface area contributed by atoms with E-state index in [-0.39, 0.29) is 5.91 Å². The summed E-state index contributed by atoms with van der Waals surface area (Å²) in [6.45, 7) is 7.68. The summed E-state index contributed by atoms with van der Waals surface area (Å²) in [4.78, 5) is 14.9. The van der Waals surface area contributed by atoms with Crippen LogP contribution in [-0.2, 0) is 6.54 Å². The van der Waals surface area contributed by atoms with Crippen LogP contribution in [0.25, 0.3) is 0 Å². The van der Waals surface area contributed by atoms with Gasteiger partial charge in [0.05, 0.1) is 0 Å². The van der Waals surface area contributed by atoms with Crippen LogP contribution in [0.1, 0.15) is 41.3 Å². The first-order valence-electron chi connectivity index (χ1n) is 8.79. The van der Waals surface area contributed by atoms with Crippen molar-refractivity contribution in [2.75, 3.05) is 18.4 Å². The number of likely N-dealkylation sites (tertiary alicyclic amines) is 1. The fraction of sp³-hybridized carbons (Fsp3) is 0.381. The van der Waals surface area contributed by atoms with Gasteiger partial charge in [-0.2, -0.15) is 0 Å². The number of rotatable bonds is 4. The zero-order valence-corrected chi connectivity index (χ0v) is 14.6. The van der Waals surface area contributed by atoms with Gasteiger partial charge in [0.15, 0.2) is 0 Å². The second-order valence-corrected chi connectivity index (χ2v) is 7.00. The Morgan fingerprint density at radius 3 is 2.71 bits per heavy atom. The Bertz CT molecular complexity index is 693. The van der Waals surface area contributed by atoms with Gasteiger partial charge >= 0.3 is 0 Å². The van der Waals surface area contributed by atoms with Crippen molar-refractivity contribution in [3.63, 3.8) is 0 Å². The van der Waals surface area contributed by atoms with Crippen LogP contribution in [0.4, 0.5) is 5.69 Å². The minimum absolute atomic E-state index is 0.0567. The van der Waals surface area contributed by atoms with E-state index in [1.807, 2.05) is 43.3 Å². The molecule has 0 radical (unpaired) electrons. The molecule has 126 valence electrons. The molecule has 1 fully saturated rings. The summed E-state index contributed by atoms with van der Waals surface area (Å²) in [6.07, 6.45) is 2.63. The summed E-state index contributed by atoms with van der Waals surface area (Å²) in [5.74, 6) is 0.733. The number of hydrogen-bond donors (Lipinski definition) is 1. The number of anilines is 1. The van der Waals surface area contributed by atoms with E-state index in [2.05, 4.69) is 29.3 Å². The molecule has 1 N–H and O–H groups in total. The van der Waals surface area contributed by atoms with Gasteiger partial charge in [0.2, 0.25) is 0 Å². The SMILES string of the molecule is Cc1cccc(NC(=O)c2ccc(CN3CCC[C@@H](C)C3)cc2)c1. The Balaban J connectivity index is 1.60. The van der Waals surface area contributed by atoms with Gasteiger partial charge in [0, 0.05) is 24.3 Å². The lowest BCUT2D eigenvalue weighted by Crippen LogP contribution is -2.33. The standard InChI is InChI=1S/C21H26N2O/c1-16-5-3-7-20(13-16)22-21(24)19-10-8-18(9-11-19)15-23-12-4-6-17(2)14-23/h3,5,7-11,13,17H,4,6,12,14-15H2,1-2H3,(H,22,24)/t17-/m1/s1. The van der Waals surface area contributed by atoms with Gasteiger partial charge < -0.3 is 5.32 Å². The van der Waals surface area contributed by atoms with E-state index in [1.165, 1.54) is 31.5 Å². The third-order valence-corrected chi connectivity index (χ3v) is 4.64. The number of aryl methyl sites for hydroxylation is 1. The van der Waals surface area contributed by atoms with E-state index >= 15 is 0 Å². The summed E-state index contributed by atoms with van der Waals surface area (Å²) >= 11 is 0. The molecule has 2 aromatic rings. The van der Waals surface area contributed by atoms with E-state index in [1.54, 1.807) is 0 Å². The number of nitrogens with zero attached hydrogens (tertiary/aromatic N) is 1. The molecule has 0 bridgehead atoms. The Morgan fingerprint density at radius 1 is 1.21 bits per heavy atom. The molecule has 1 aliphatic rings. The molecule has 1 saturated heterocycles. The molecule has 0 aromatic heterocycles. The minimum atomic E-state index is -0.0567. The van der Waals surface area contributed by atoms with E-state index < -0.39 is 0 Å². The number of amides is 1. The molecule has 3 heteroatoms. The van der Waals surface area contributed by atoms with Crippen LogP contribution in [0.3, 0.4) is 0 Å². The average Bonchev–Trinajstić information content (AvgIpc) is 2.55. The van der Waals surface area contributed by atoms with Crippen molar-refractivity contribution in [1.82, 2.24) is 4.90 Å². The molecule has 1 aliphatic heterocycles. The van der Waals surface area contributed by atoms with Gasteiger partial charge in [-0.3, -0.25) is 9.69 Å². The van der Waals surface area contributed by atoms with Gasteiger partial charge in [-0.1, -0.05) is 31.2 Å². The first kappa shape index (κ1) is 16.7. The van der Waals surface area contributed by atoms with Gasteiger partial charge in [-0.25, -0.2) is 0 Å². The van der Waals surface area contributed by atoms with Crippen LogP contribution in [0.2, 0.25) is 0 Å². The Kier molecular flexibility index (Phi) is 5.31. The van der Waals surface area contributed by atoms with Crippen molar-refractivity contribution in [3.8, 4) is 0 Å². The fourth-order valence-corrected chi connectivity index (χ4v) is 3.38. The highest BCUT2D eigenvalue weighted by Crippen LogP contribution is 2.18. The first-order valence-corrected chi connectivity index (χ1v) is 8.79. The number of piperidine rings is 1. The van der Waals surface area contributed by atoms with Crippen LogP contribution in [0.15, 0.2) is 48.5 Å². The van der Waals surface area contributed by atoms with Crippen molar-refractivity contribution in [1.29, 1.82) is 0 Å². The number of benzene rings is 2. The Morgan fingerprint density at radius 2 is 2.00 bits per heavy atom. The third kappa shape index (κ3) is 4.45. The number of carbonyl (C=O) groups excluding carboxylic acids is 1. The van der Waals surface area contributed by atoms with Crippen molar-refractivity contribution >= 4 is 11.6 Å². The summed E-state index contributed by atoms with van der Waals surface area (Å²) in [6, 6.07) is 15.9. The molecular formula is C21H26N2O. The van der Waals surface area contributed by atoms with Gasteiger partial charge in [-0.15, -0.1) is 0 Å². The molecule has 0 unspecified atom stereocenters. The van der Waals surface area contributed by atoms with Crippen LogP contribution in [0, 0.1) is 12.8 Å². The monoisotopic (exact) mass is 322 g/mol. The first-order chi connectivity index (χ1) is 11.6. The number of carbonyl (C=O) groups is 1. The summed E-state index contributed by atoms with van der Waals surface area (Å²) in [5.41, 5.74) is 3.95. The second-order valence-electron chi connectivity index (χ2n) is 7.00. The molecule has 1 amide bonds. The molecule has 1 atom stereocenters. The third-order valence-electron chi connectivity index (χ3n) is 4.64.